The summed E-state index contributed by atoms with van der Waals surface area (Å²) < 4.78 is 11.0. The molecule has 17 heavy (non-hydrogen) atoms. The minimum atomic E-state index is 0.376. The largest absolute Gasteiger partial charge is 0.380 e. The van der Waals surface area contributed by atoms with Gasteiger partial charge >= 0.3 is 0 Å². The number of hydrogen-bond donors (Lipinski definition) is 2. The molecular formula is C13H26N2O2. The van der Waals surface area contributed by atoms with Gasteiger partial charge in [0, 0.05) is 32.2 Å². The lowest BCUT2D eigenvalue weighted by molar-refractivity contribution is 0.0755. The van der Waals surface area contributed by atoms with Gasteiger partial charge in [-0.05, 0) is 27.4 Å². The monoisotopic (exact) mass is 242 g/mol. The Morgan fingerprint density at radius 2 is 1.88 bits per heavy atom. The van der Waals surface area contributed by atoms with E-state index < -0.39 is 0 Å². The van der Waals surface area contributed by atoms with Crippen LogP contribution in [-0.4, -0.2) is 53.1 Å². The van der Waals surface area contributed by atoms with Crippen LogP contribution >= 0.6 is 0 Å². The van der Waals surface area contributed by atoms with Crippen LogP contribution < -0.4 is 10.6 Å². The number of likely N-dealkylation sites (N-methyl/N-ethyl adjacent to an activating group) is 2. The summed E-state index contributed by atoms with van der Waals surface area (Å²) in [6.07, 6.45) is 1.76. The van der Waals surface area contributed by atoms with Crippen molar-refractivity contribution >= 4 is 0 Å². The van der Waals surface area contributed by atoms with E-state index in [4.69, 9.17) is 9.47 Å². The molecule has 0 bridgehead atoms. The molecule has 4 heteroatoms. The van der Waals surface area contributed by atoms with Crippen LogP contribution in [0.5, 0.6) is 0 Å². The summed E-state index contributed by atoms with van der Waals surface area (Å²) in [5.74, 6) is 5.81. The maximum absolute atomic E-state index is 5.56. The Kier molecular flexibility index (Phi) is 13.0. The van der Waals surface area contributed by atoms with Crippen LogP contribution in [-0.2, 0) is 9.47 Å². The van der Waals surface area contributed by atoms with Crippen molar-refractivity contribution in [2.45, 2.75) is 25.8 Å². The highest BCUT2D eigenvalue weighted by atomic mass is 16.5. The van der Waals surface area contributed by atoms with Crippen LogP contribution in [0.15, 0.2) is 0 Å². The van der Waals surface area contributed by atoms with Gasteiger partial charge in [0.2, 0.25) is 0 Å². The van der Waals surface area contributed by atoms with Crippen molar-refractivity contribution in [1.29, 1.82) is 0 Å². The van der Waals surface area contributed by atoms with Crippen LogP contribution in [0, 0.1) is 11.8 Å². The van der Waals surface area contributed by atoms with Crippen molar-refractivity contribution in [3.8, 4) is 11.8 Å². The van der Waals surface area contributed by atoms with Crippen LogP contribution in [0.25, 0.3) is 0 Å². The Morgan fingerprint density at radius 1 is 1.12 bits per heavy atom. The Morgan fingerprint density at radius 3 is 2.53 bits per heavy atom. The van der Waals surface area contributed by atoms with Gasteiger partial charge in [0.25, 0.3) is 0 Å². The summed E-state index contributed by atoms with van der Waals surface area (Å²) >= 11 is 0. The van der Waals surface area contributed by atoms with Crippen LogP contribution in [0.4, 0.5) is 0 Å². The van der Waals surface area contributed by atoms with E-state index in [1.807, 2.05) is 21.0 Å². The van der Waals surface area contributed by atoms with Gasteiger partial charge in [0.05, 0.1) is 13.2 Å². The molecule has 0 spiro atoms. The molecule has 0 heterocycles. The Hall–Kier alpha value is -0.600. The third kappa shape index (κ3) is 11.7. The van der Waals surface area contributed by atoms with Crippen molar-refractivity contribution in [3.63, 3.8) is 0 Å². The number of ether oxygens (including phenoxy) is 2. The van der Waals surface area contributed by atoms with Crippen molar-refractivity contribution < 1.29 is 9.47 Å². The molecule has 0 saturated carbocycles. The lowest BCUT2D eigenvalue weighted by Gasteiger charge is -2.15. The van der Waals surface area contributed by atoms with Crippen molar-refractivity contribution in [1.82, 2.24) is 10.6 Å². The first-order valence-electron chi connectivity index (χ1n) is 6.22. The van der Waals surface area contributed by atoms with E-state index in [0.29, 0.717) is 6.04 Å². The summed E-state index contributed by atoms with van der Waals surface area (Å²) in [5.41, 5.74) is 0. The molecule has 0 aliphatic carbocycles. The van der Waals surface area contributed by atoms with E-state index in [0.717, 1.165) is 45.8 Å². The topological polar surface area (TPSA) is 42.5 Å². The van der Waals surface area contributed by atoms with Gasteiger partial charge in [-0.25, -0.2) is 0 Å². The molecule has 1 atom stereocenters. The first-order chi connectivity index (χ1) is 8.35. The SMILES string of the molecule is CC#CCCOCCCOCC(CNC)NC. The highest BCUT2D eigenvalue weighted by molar-refractivity contribution is 4.94. The van der Waals surface area contributed by atoms with Crippen LogP contribution in [0.3, 0.4) is 0 Å². The molecule has 0 saturated heterocycles. The minimum absolute atomic E-state index is 0.376. The summed E-state index contributed by atoms with van der Waals surface area (Å²) in [6, 6.07) is 0.376. The average Bonchev–Trinajstić information content (AvgIpc) is 2.35. The molecule has 0 amide bonds. The summed E-state index contributed by atoms with van der Waals surface area (Å²) in [5, 5.41) is 6.31. The lowest BCUT2D eigenvalue weighted by atomic mass is 10.3. The van der Waals surface area contributed by atoms with Gasteiger partial charge in [-0.15, -0.1) is 11.8 Å². The highest BCUT2D eigenvalue weighted by Gasteiger charge is 2.03. The third-order valence-electron chi connectivity index (χ3n) is 2.30. The molecule has 0 aromatic heterocycles. The predicted molar refractivity (Wildman–Crippen MR) is 71.1 cm³/mol. The van der Waals surface area contributed by atoms with Gasteiger partial charge in [-0.3, -0.25) is 0 Å². The number of rotatable bonds is 11. The Bertz CT molecular complexity index is 211. The molecule has 0 aliphatic heterocycles. The van der Waals surface area contributed by atoms with E-state index in [9.17, 15) is 0 Å². The van der Waals surface area contributed by atoms with Crippen molar-refractivity contribution in [2.24, 2.45) is 0 Å². The Balaban J connectivity index is 3.18. The van der Waals surface area contributed by atoms with Crippen molar-refractivity contribution in [3.05, 3.63) is 0 Å². The molecule has 0 aliphatic rings. The van der Waals surface area contributed by atoms with E-state index in [2.05, 4.69) is 22.5 Å². The molecule has 0 rings (SSSR count). The first-order valence-corrected chi connectivity index (χ1v) is 6.22. The summed E-state index contributed by atoms with van der Waals surface area (Å²) in [7, 11) is 3.89. The van der Waals surface area contributed by atoms with E-state index >= 15 is 0 Å². The van der Waals surface area contributed by atoms with E-state index in [1.165, 1.54) is 0 Å². The molecule has 0 aromatic rings. The third-order valence-corrected chi connectivity index (χ3v) is 2.30. The summed E-state index contributed by atoms with van der Waals surface area (Å²) in [4.78, 5) is 0. The van der Waals surface area contributed by atoms with Gasteiger partial charge in [0.1, 0.15) is 0 Å². The van der Waals surface area contributed by atoms with E-state index in [-0.39, 0.29) is 0 Å². The average molecular weight is 242 g/mol. The molecule has 2 N–H and O–H groups in total. The zero-order chi connectivity index (χ0) is 12.8. The fourth-order valence-electron chi connectivity index (χ4n) is 1.33. The smallest absolute Gasteiger partial charge is 0.0631 e. The number of hydrogen-bond acceptors (Lipinski definition) is 4. The first kappa shape index (κ1) is 16.4. The van der Waals surface area contributed by atoms with Crippen LogP contribution in [0.2, 0.25) is 0 Å². The second kappa shape index (κ2) is 13.5. The number of nitrogens with one attached hydrogen (secondary N) is 2. The molecule has 4 nitrogen and oxygen atoms in total. The molecular weight excluding hydrogens is 216 g/mol. The standard InChI is InChI=1S/C13H26N2O2/c1-4-5-6-8-16-9-7-10-17-12-13(15-3)11-14-2/h13-15H,6-12H2,1-3H3. The molecule has 0 radical (unpaired) electrons. The summed E-state index contributed by atoms with van der Waals surface area (Å²) in [6.45, 7) is 5.72. The fraction of sp³-hybridized carbons (Fsp3) is 0.846. The Labute approximate surface area is 105 Å². The van der Waals surface area contributed by atoms with E-state index in [1.54, 1.807) is 0 Å². The normalized spacial score (nSPS) is 11.9. The molecule has 1 unspecified atom stereocenters. The molecule has 100 valence electrons. The zero-order valence-corrected chi connectivity index (χ0v) is 11.3. The second-order valence-corrected chi connectivity index (χ2v) is 3.76. The second-order valence-electron chi connectivity index (χ2n) is 3.76. The maximum atomic E-state index is 5.56. The van der Waals surface area contributed by atoms with Crippen LogP contribution in [0.1, 0.15) is 19.8 Å². The van der Waals surface area contributed by atoms with Gasteiger partial charge in [0.15, 0.2) is 0 Å². The quantitative estimate of drug-likeness (QED) is 0.412. The van der Waals surface area contributed by atoms with Gasteiger partial charge in [-0.2, -0.15) is 0 Å². The molecule has 0 fully saturated rings. The zero-order valence-electron chi connectivity index (χ0n) is 11.3. The lowest BCUT2D eigenvalue weighted by Crippen LogP contribution is -2.38. The highest BCUT2D eigenvalue weighted by Crippen LogP contribution is 1.89. The predicted octanol–water partition coefficient (Wildman–Crippen LogP) is 0.631. The van der Waals surface area contributed by atoms with Gasteiger partial charge in [-0.1, -0.05) is 0 Å². The fourth-order valence-corrected chi connectivity index (χ4v) is 1.33. The van der Waals surface area contributed by atoms with Crippen molar-refractivity contribution in [2.75, 3.05) is 47.1 Å². The van der Waals surface area contributed by atoms with Gasteiger partial charge < -0.3 is 20.1 Å². The maximum Gasteiger partial charge on any atom is 0.0631 e. The minimum Gasteiger partial charge on any atom is -0.380 e. The molecule has 0 aromatic carbocycles.